The van der Waals surface area contributed by atoms with Crippen molar-refractivity contribution < 1.29 is 17.9 Å². The lowest BCUT2D eigenvalue weighted by atomic mass is 9.89. The van der Waals surface area contributed by atoms with Crippen molar-refractivity contribution in [1.82, 2.24) is 18.8 Å². The lowest BCUT2D eigenvalue weighted by molar-refractivity contribution is -0.178. The van der Waals surface area contributed by atoms with E-state index in [-0.39, 0.29) is 5.91 Å². The Balaban J connectivity index is 1.38. The first kappa shape index (κ1) is 20.7. The molecule has 0 N–H and O–H groups in total. The maximum Gasteiger partial charge on any atom is 0.253 e. The van der Waals surface area contributed by atoms with Crippen LogP contribution in [0.25, 0.3) is 0 Å². The molecule has 0 unspecified atom stereocenters. The summed E-state index contributed by atoms with van der Waals surface area (Å²) in [4.78, 5) is 19.8. The number of aryl methyl sites for hydroxylation is 1. The van der Waals surface area contributed by atoms with Crippen molar-refractivity contribution in [2.24, 2.45) is 0 Å². The van der Waals surface area contributed by atoms with Gasteiger partial charge in [-0.25, -0.2) is 13.4 Å². The molecule has 1 amide bonds. The lowest BCUT2D eigenvalue weighted by Gasteiger charge is -2.45. The van der Waals surface area contributed by atoms with Crippen LogP contribution in [0, 0.1) is 6.92 Å². The zero-order valence-electron chi connectivity index (χ0n) is 17.7. The van der Waals surface area contributed by atoms with Crippen molar-refractivity contribution in [1.29, 1.82) is 0 Å². The molecule has 0 aliphatic carbocycles. The van der Waals surface area contributed by atoms with E-state index in [1.807, 2.05) is 34.7 Å². The average Bonchev–Trinajstić information content (AvgIpc) is 3.46. The predicted molar refractivity (Wildman–Crippen MR) is 114 cm³/mol. The Morgan fingerprint density at radius 2 is 1.84 bits per heavy atom. The Morgan fingerprint density at radius 1 is 1.13 bits per heavy atom. The smallest absolute Gasteiger partial charge is 0.253 e. The number of amides is 1. The minimum atomic E-state index is -3.58. The summed E-state index contributed by atoms with van der Waals surface area (Å²) < 4.78 is 36.5. The second-order valence-electron chi connectivity index (χ2n) is 8.71. The number of piperidine rings is 1. The highest BCUT2D eigenvalue weighted by atomic mass is 32.2. The van der Waals surface area contributed by atoms with Crippen LogP contribution in [0.4, 0.5) is 0 Å². The van der Waals surface area contributed by atoms with Gasteiger partial charge in [-0.3, -0.25) is 4.79 Å². The summed E-state index contributed by atoms with van der Waals surface area (Å²) >= 11 is 0. The van der Waals surface area contributed by atoms with E-state index < -0.39 is 21.7 Å². The van der Waals surface area contributed by atoms with Crippen LogP contribution >= 0.6 is 0 Å². The highest BCUT2D eigenvalue weighted by Gasteiger charge is 2.49. The van der Waals surface area contributed by atoms with E-state index in [1.165, 1.54) is 4.31 Å². The summed E-state index contributed by atoms with van der Waals surface area (Å²) in [5.74, 6) is 0.831. The van der Waals surface area contributed by atoms with Gasteiger partial charge in [-0.15, -0.1) is 0 Å². The number of benzene rings is 1. The van der Waals surface area contributed by atoms with Crippen molar-refractivity contribution in [2.45, 2.75) is 55.8 Å². The van der Waals surface area contributed by atoms with E-state index in [9.17, 15) is 13.2 Å². The summed E-state index contributed by atoms with van der Waals surface area (Å²) in [5.41, 5.74) is 0.00282. The molecule has 0 radical (unpaired) electrons. The van der Waals surface area contributed by atoms with Crippen LogP contribution in [-0.4, -0.2) is 65.4 Å². The normalized spacial score (nSPS) is 23.8. The highest BCUT2D eigenvalue weighted by molar-refractivity contribution is 7.89. The monoisotopic (exact) mass is 444 g/mol. The number of hydrogen-bond acceptors (Lipinski definition) is 5. The van der Waals surface area contributed by atoms with Gasteiger partial charge in [-0.05, 0) is 44.2 Å². The van der Waals surface area contributed by atoms with Crippen LogP contribution in [0.15, 0.2) is 41.6 Å². The second kappa shape index (κ2) is 7.72. The number of ether oxygens (including phenoxy) is 1. The van der Waals surface area contributed by atoms with Gasteiger partial charge >= 0.3 is 0 Å². The first-order valence-corrected chi connectivity index (χ1v) is 12.4. The van der Waals surface area contributed by atoms with E-state index in [4.69, 9.17) is 4.74 Å². The molecule has 1 aromatic heterocycles. The van der Waals surface area contributed by atoms with Crippen LogP contribution < -0.4 is 0 Å². The maximum atomic E-state index is 13.2. The number of likely N-dealkylation sites (tertiary alicyclic amines) is 1. The molecule has 8 nitrogen and oxygen atoms in total. The molecule has 1 spiro atoms. The number of imidazole rings is 1. The fourth-order valence-corrected chi connectivity index (χ4v) is 6.75. The SMILES string of the molecule is Cc1ccccc1S(=O)(=O)N1CCC2(CC1)O[C@@H](C(=O)N1CCCC1)Cn1ccnc12. The van der Waals surface area contributed by atoms with Crippen molar-refractivity contribution in [2.75, 3.05) is 26.2 Å². The third-order valence-electron chi connectivity index (χ3n) is 6.79. The van der Waals surface area contributed by atoms with Gasteiger partial charge in [0.05, 0.1) is 11.4 Å². The molecular formula is C22H28N4O4S. The predicted octanol–water partition coefficient (Wildman–Crippen LogP) is 1.89. The molecule has 5 rings (SSSR count). The Kier molecular flexibility index (Phi) is 5.15. The minimum Gasteiger partial charge on any atom is -0.352 e. The molecule has 3 aliphatic rings. The van der Waals surface area contributed by atoms with Crippen LogP contribution in [0.2, 0.25) is 0 Å². The van der Waals surface area contributed by atoms with Crippen molar-refractivity contribution in [3.63, 3.8) is 0 Å². The van der Waals surface area contributed by atoms with Crippen LogP contribution in [0.5, 0.6) is 0 Å². The minimum absolute atomic E-state index is 0.0335. The highest BCUT2D eigenvalue weighted by Crippen LogP contribution is 2.41. The quantitative estimate of drug-likeness (QED) is 0.722. The topological polar surface area (TPSA) is 84.7 Å². The van der Waals surface area contributed by atoms with Gasteiger partial charge in [0.15, 0.2) is 6.10 Å². The van der Waals surface area contributed by atoms with Crippen LogP contribution in [-0.2, 0) is 31.7 Å². The molecule has 2 aromatic rings. The van der Waals surface area contributed by atoms with E-state index in [0.717, 1.165) is 37.3 Å². The number of fused-ring (bicyclic) bond motifs is 2. The van der Waals surface area contributed by atoms with Gasteiger partial charge in [-0.2, -0.15) is 4.31 Å². The number of hydrogen-bond donors (Lipinski definition) is 0. The molecule has 3 aliphatic heterocycles. The van der Waals surface area contributed by atoms with Gasteiger partial charge in [0, 0.05) is 38.6 Å². The molecule has 1 aromatic carbocycles. The summed E-state index contributed by atoms with van der Waals surface area (Å²) in [6, 6.07) is 7.06. The Bertz CT molecular complexity index is 1080. The molecule has 1 atom stereocenters. The molecule has 31 heavy (non-hydrogen) atoms. The summed E-state index contributed by atoms with van der Waals surface area (Å²) in [5, 5.41) is 0. The second-order valence-corrected chi connectivity index (χ2v) is 10.6. The number of rotatable bonds is 3. The van der Waals surface area contributed by atoms with Gasteiger partial charge in [0.25, 0.3) is 5.91 Å². The molecule has 2 fully saturated rings. The number of sulfonamides is 1. The largest absolute Gasteiger partial charge is 0.352 e. The van der Waals surface area contributed by atoms with E-state index >= 15 is 0 Å². The third-order valence-corrected chi connectivity index (χ3v) is 8.85. The Labute approximate surface area is 182 Å². The fourth-order valence-electron chi connectivity index (χ4n) is 5.08. The van der Waals surface area contributed by atoms with Gasteiger partial charge < -0.3 is 14.2 Å². The molecule has 4 heterocycles. The Morgan fingerprint density at radius 3 is 2.55 bits per heavy atom. The molecule has 0 bridgehead atoms. The summed E-state index contributed by atoms with van der Waals surface area (Å²) in [7, 11) is -3.58. The number of carbonyl (C=O) groups excluding carboxylic acids is 1. The maximum absolute atomic E-state index is 13.2. The van der Waals surface area contributed by atoms with Gasteiger partial charge in [0.1, 0.15) is 11.4 Å². The molecule has 166 valence electrons. The van der Waals surface area contributed by atoms with Crippen LogP contribution in [0.3, 0.4) is 0 Å². The lowest BCUT2D eigenvalue weighted by Crippen LogP contribution is -2.55. The first-order chi connectivity index (χ1) is 14.9. The summed E-state index contributed by atoms with van der Waals surface area (Å²) in [6.45, 7) is 4.49. The van der Waals surface area contributed by atoms with Crippen LogP contribution in [0.1, 0.15) is 37.1 Å². The molecule has 2 saturated heterocycles. The van der Waals surface area contributed by atoms with Crippen molar-refractivity contribution >= 4 is 15.9 Å². The van der Waals surface area contributed by atoms with Crippen molar-refractivity contribution in [3.05, 3.63) is 48.0 Å². The average molecular weight is 445 g/mol. The van der Waals surface area contributed by atoms with E-state index in [2.05, 4.69) is 4.98 Å². The number of nitrogens with zero attached hydrogens (tertiary/aromatic N) is 4. The zero-order valence-corrected chi connectivity index (χ0v) is 18.6. The first-order valence-electron chi connectivity index (χ1n) is 10.9. The number of carbonyl (C=O) groups is 1. The van der Waals surface area contributed by atoms with Crippen molar-refractivity contribution in [3.8, 4) is 0 Å². The van der Waals surface area contributed by atoms with E-state index in [0.29, 0.717) is 37.4 Å². The molecular weight excluding hydrogens is 416 g/mol. The standard InChI is InChI=1S/C22H28N4O4S/c1-17-6-2-3-7-19(17)31(28,29)26-13-8-22(9-14-26)21-23-10-15-25(21)16-18(30-22)20(27)24-11-4-5-12-24/h2-3,6-7,10,15,18H,4-5,8-9,11-14,16H2,1H3/t18-/m1/s1. The van der Waals surface area contributed by atoms with Gasteiger partial charge in [-0.1, -0.05) is 18.2 Å². The fraction of sp³-hybridized carbons (Fsp3) is 0.545. The van der Waals surface area contributed by atoms with Gasteiger partial charge in [0.2, 0.25) is 10.0 Å². The summed E-state index contributed by atoms with van der Waals surface area (Å²) in [6.07, 6.45) is 6.08. The molecule has 9 heteroatoms. The van der Waals surface area contributed by atoms with E-state index in [1.54, 1.807) is 18.3 Å². The third kappa shape index (κ3) is 3.48. The zero-order chi connectivity index (χ0) is 21.6. The Hall–Kier alpha value is -2.23. The molecule has 0 saturated carbocycles. The number of aromatic nitrogens is 2.